The monoisotopic (exact) mass is 250 g/mol. The van der Waals surface area contributed by atoms with Crippen molar-refractivity contribution >= 4 is 18.6 Å². The Labute approximate surface area is 79.4 Å². The molecule has 0 aromatic carbocycles. The van der Waals surface area contributed by atoms with E-state index in [2.05, 4.69) is 12.6 Å². The van der Waals surface area contributed by atoms with Gasteiger partial charge in [-0.25, -0.2) is 0 Å². The number of nitrogens with zero attached hydrogens (tertiary/aromatic N) is 1. The van der Waals surface area contributed by atoms with Crippen molar-refractivity contribution in [1.82, 2.24) is 6.15 Å². The molecular formula is C3H8CdN2O2S. The Bertz CT molecular complexity index is 88.3. The zero-order valence-electron chi connectivity index (χ0n) is 5.16. The van der Waals surface area contributed by atoms with Crippen LogP contribution in [0, 0.1) is 10.7 Å². The van der Waals surface area contributed by atoms with Gasteiger partial charge >= 0.3 is 0 Å². The topological polar surface area (TPSA) is 96.1 Å². The van der Waals surface area contributed by atoms with E-state index in [1.165, 1.54) is 5.40 Å². The molecule has 0 aliphatic carbocycles. The molecule has 6 heteroatoms. The molecular weight excluding hydrogens is 241 g/mol. The minimum absolute atomic E-state index is 0. The molecule has 0 heterocycles. The summed E-state index contributed by atoms with van der Waals surface area (Å²) in [5.41, 5.74) is 0. The third-order valence-corrected chi connectivity index (χ3v) is 0. The predicted octanol–water partition coefficient (Wildman–Crippen LogP) is 0.648. The van der Waals surface area contributed by atoms with Crippen molar-refractivity contribution in [3.05, 3.63) is 0 Å². The van der Waals surface area contributed by atoms with E-state index in [-0.39, 0.29) is 33.4 Å². The van der Waals surface area contributed by atoms with Gasteiger partial charge in [0.1, 0.15) is 5.40 Å². The largest absolute Gasteiger partial charge is 0.481 e. The average Bonchev–Trinajstić information content (AvgIpc) is 1.33. The molecule has 0 aromatic rings. The second kappa shape index (κ2) is 24.1. The van der Waals surface area contributed by atoms with Gasteiger partial charge in [0.15, 0.2) is 0 Å². The molecule has 9 heavy (non-hydrogen) atoms. The molecule has 0 rings (SSSR count). The zero-order valence-corrected chi connectivity index (χ0v) is 10.1. The summed E-state index contributed by atoms with van der Waals surface area (Å²) in [7, 11) is 0. The summed E-state index contributed by atoms with van der Waals surface area (Å²) in [6, 6.07) is 0. The van der Waals surface area contributed by atoms with Crippen molar-refractivity contribution in [2.75, 3.05) is 0 Å². The third-order valence-electron chi connectivity index (χ3n) is 0. The van der Waals surface area contributed by atoms with Crippen LogP contribution in [0.15, 0.2) is 0 Å². The summed E-state index contributed by atoms with van der Waals surface area (Å²) in [5, 5.41) is 16.0. The molecule has 0 fully saturated rings. The molecule has 0 aromatic heterocycles. The SMILES string of the molecule is CC(=O)O.N.N#CS.[Cd]. The van der Waals surface area contributed by atoms with Crippen molar-refractivity contribution in [1.29, 1.82) is 5.26 Å². The Kier molecular flexibility index (Phi) is 61.3. The van der Waals surface area contributed by atoms with Gasteiger partial charge < -0.3 is 11.3 Å². The standard InChI is InChI=1S/C2H4O2.CHNS.Cd.H3N/c1-2(3)4;2-1-3;;/h1H3,(H,3,4);3H;;1H3. The van der Waals surface area contributed by atoms with Crippen molar-refractivity contribution in [2.24, 2.45) is 0 Å². The van der Waals surface area contributed by atoms with Gasteiger partial charge in [0, 0.05) is 34.2 Å². The molecule has 0 atom stereocenters. The van der Waals surface area contributed by atoms with E-state index in [0.717, 1.165) is 6.92 Å². The van der Waals surface area contributed by atoms with E-state index in [4.69, 9.17) is 15.2 Å². The number of carboxylic acid groups (broad SMARTS) is 1. The first-order chi connectivity index (χ1) is 3.15. The molecule has 0 saturated heterocycles. The molecule has 0 amide bonds. The average molecular weight is 249 g/mol. The van der Waals surface area contributed by atoms with Crippen LogP contribution in [0.4, 0.5) is 0 Å². The van der Waals surface area contributed by atoms with Crippen LogP contribution in [0.3, 0.4) is 0 Å². The number of thiol groups is 1. The number of carbonyl (C=O) groups is 1. The summed E-state index contributed by atoms with van der Waals surface area (Å²) < 4.78 is 0. The first-order valence-corrected chi connectivity index (χ1v) is 1.82. The Morgan fingerprint density at radius 3 is 1.78 bits per heavy atom. The second-order valence-electron chi connectivity index (χ2n) is 0.619. The molecule has 0 spiro atoms. The number of hydrogen-bond acceptors (Lipinski definition) is 4. The molecule has 0 radical (unpaired) electrons. The predicted molar refractivity (Wildman–Crippen MR) is 32.9 cm³/mol. The summed E-state index contributed by atoms with van der Waals surface area (Å²) in [5.74, 6) is -0.833. The van der Waals surface area contributed by atoms with Crippen LogP contribution < -0.4 is 6.15 Å². The first kappa shape index (κ1) is 22.9. The number of hydrogen-bond donors (Lipinski definition) is 3. The number of nitriles is 1. The summed E-state index contributed by atoms with van der Waals surface area (Å²) in [4.78, 5) is 9.00. The van der Waals surface area contributed by atoms with Crippen LogP contribution in [0.25, 0.3) is 0 Å². The van der Waals surface area contributed by atoms with Crippen molar-refractivity contribution in [2.45, 2.75) is 6.92 Å². The van der Waals surface area contributed by atoms with Gasteiger partial charge in [0.25, 0.3) is 5.97 Å². The second-order valence-corrected chi connectivity index (χ2v) is 0.819. The molecule has 0 unspecified atom stereocenters. The molecule has 50 valence electrons. The van der Waals surface area contributed by atoms with Crippen molar-refractivity contribution in [3.8, 4) is 5.40 Å². The quantitative estimate of drug-likeness (QED) is 0.333. The maximum absolute atomic E-state index is 9.00. The van der Waals surface area contributed by atoms with E-state index in [1.807, 2.05) is 0 Å². The van der Waals surface area contributed by atoms with Gasteiger partial charge in [-0.1, -0.05) is 12.6 Å². The van der Waals surface area contributed by atoms with Gasteiger partial charge in [-0.2, -0.15) is 5.26 Å². The fraction of sp³-hybridized carbons (Fsp3) is 0.333. The van der Waals surface area contributed by atoms with Gasteiger partial charge in [0.2, 0.25) is 0 Å². The minimum atomic E-state index is -0.833. The third kappa shape index (κ3) is 8510. The van der Waals surface area contributed by atoms with E-state index < -0.39 is 5.97 Å². The van der Waals surface area contributed by atoms with Gasteiger partial charge in [0.05, 0.1) is 0 Å². The van der Waals surface area contributed by atoms with Crippen LogP contribution in [0.5, 0.6) is 0 Å². The summed E-state index contributed by atoms with van der Waals surface area (Å²) in [6.07, 6.45) is 0. The molecule has 4 N–H and O–H groups in total. The molecule has 0 aliphatic heterocycles. The summed E-state index contributed by atoms with van der Waals surface area (Å²) in [6.45, 7) is 1.08. The Morgan fingerprint density at radius 2 is 1.78 bits per heavy atom. The van der Waals surface area contributed by atoms with Crippen molar-refractivity contribution < 1.29 is 37.2 Å². The number of thiocyanates is 1. The minimum Gasteiger partial charge on any atom is -0.481 e. The van der Waals surface area contributed by atoms with Gasteiger partial charge in [-0.15, -0.1) is 0 Å². The van der Waals surface area contributed by atoms with Crippen LogP contribution >= 0.6 is 12.6 Å². The Hall–Kier alpha value is 0.192. The fourth-order valence-electron chi connectivity index (χ4n) is 0. The number of carboxylic acids is 1. The summed E-state index contributed by atoms with van der Waals surface area (Å²) >= 11 is 3.09. The number of rotatable bonds is 0. The fourth-order valence-corrected chi connectivity index (χ4v) is 0. The normalized spacial score (nSPS) is 3.67. The van der Waals surface area contributed by atoms with Crippen molar-refractivity contribution in [3.63, 3.8) is 0 Å². The van der Waals surface area contributed by atoms with Crippen LogP contribution in [0.2, 0.25) is 0 Å². The zero-order chi connectivity index (χ0) is 6.28. The first-order valence-electron chi connectivity index (χ1n) is 1.37. The Morgan fingerprint density at radius 1 is 1.78 bits per heavy atom. The smallest absolute Gasteiger partial charge is 0.300 e. The molecule has 0 aliphatic rings. The molecule has 4 nitrogen and oxygen atoms in total. The Balaban J connectivity index is -0.0000000233. The van der Waals surface area contributed by atoms with E-state index in [9.17, 15) is 0 Å². The number of aliphatic carboxylic acids is 1. The van der Waals surface area contributed by atoms with E-state index >= 15 is 0 Å². The maximum Gasteiger partial charge on any atom is 0.300 e. The van der Waals surface area contributed by atoms with Crippen LogP contribution in [-0.2, 0) is 32.1 Å². The van der Waals surface area contributed by atoms with Gasteiger partial charge in [-0.3, -0.25) is 4.79 Å². The maximum atomic E-state index is 9.00. The van der Waals surface area contributed by atoms with Gasteiger partial charge in [-0.05, 0) is 0 Å². The van der Waals surface area contributed by atoms with E-state index in [1.54, 1.807) is 0 Å². The molecule has 0 saturated carbocycles. The van der Waals surface area contributed by atoms with Crippen LogP contribution in [-0.4, -0.2) is 11.1 Å². The van der Waals surface area contributed by atoms with E-state index in [0.29, 0.717) is 0 Å². The van der Waals surface area contributed by atoms with Crippen LogP contribution in [0.1, 0.15) is 6.92 Å². The molecule has 0 bridgehead atoms.